The lowest BCUT2D eigenvalue weighted by atomic mass is 9.60. The maximum absolute atomic E-state index is 14.1. The van der Waals surface area contributed by atoms with Crippen LogP contribution in [0.15, 0.2) is 47.0 Å². The predicted molar refractivity (Wildman–Crippen MR) is 191 cm³/mol. The lowest BCUT2D eigenvalue weighted by Crippen LogP contribution is -2.55. The van der Waals surface area contributed by atoms with Crippen LogP contribution >= 0.6 is 11.8 Å². The number of carbonyl (C=O) groups excluding carboxylic acids is 3. The molecule has 6 atom stereocenters. The molecule has 9 N–H and O–H groups in total. The van der Waals surface area contributed by atoms with Gasteiger partial charge in [0.15, 0.2) is 0 Å². The van der Waals surface area contributed by atoms with Crippen LogP contribution in [0.4, 0.5) is 0 Å². The summed E-state index contributed by atoms with van der Waals surface area (Å²) in [5.41, 5.74) is 6.50. The van der Waals surface area contributed by atoms with Crippen molar-refractivity contribution >= 4 is 41.5 Å². The Bertz CT molecular complexity index is 1640. The van der Waals surface area contributed by atoms with E-state index in [1.807, 2.05) is 17.4 Å². The molecule has 53 heavy (non-hydrogen) atoms. The van der Waals surface area contributed by atoms with E-state index in [1.165, 1.54) is 11.8 Å². The van der Waals surface area contributed by atoms with Crippen molar-refractivity contribution in [3.05, 3.63) is 52.6 Å². The van der Waals surface area contributed by atoms with E-state index >= 15 is 0 Å². The second-order valence-electron chi connectivity index (χ2n) is 14.6. The van der Waals surface area contributed by atoms with Crippen molar-refractivity contribution in [1.82, 2.24) is 15.6 Å². The van der Waals surface area contributed by atoms with Gasteiger partial charge < -0.3 is 40.9 Å². The van der Waals surface area contributed by atoms with Crippen LogP contribution in [0.2, 0.25) is 0 Å². The zero-order valence-corrected chi connectivity index (χ0v) is 30.7. The van der Waals surface area contributed by atoms with Gasteiger partial charge in [0.2, 0.25) is 23.8 Å². The van der Waals surface area contributed by atoms with Gasteiger partial charge in [-0.15, -0.1) is 11.8 Å². The number of carboxylic acids is 2. The molecule has 1 saturated carbocycles. The number of carboxylic acid groups (broad SMARTS) is 2. The molecule has 1 aromatic rings. The molecule has 2 amide bonds. The first-order valence-electron chi connectivity index (χ1n) is 18.2. The number of aliphatic hydroxyl groups excluding tert-OH is 2. The van der Waals surface area contributed by atoms with E-state index in [0.29, 0.717) is 31.4 Å². The molecule has 1 aliphatic heterocycles. The molecular formula is C37H50N4O11S. The van der Waals surface area contributed by atoms with Crippen LogP contribution < -0.4 is 16.4 Å². The third-order valence-corrected chi connectivity index (χ3v) is 13.4. The Morgan fingerprint density at radius 1 is 1.13 bits per heavy atom. The Hall–Kier alpha value is -3.83. The first-order valence-corrected chi connectivity index (χ1v) is 19.2. The molecule has 3 aliphatic carbocycles. The molecule has 0 saturated heterocycles. The van der Waals surface area contributed by atoms with Crippen molar-refractivity contribution in [2.24, 2.45) is 23.0 Å². The summed E-state index contributed by atoms with van der Waals surface area (Å²) in [6.07, 6.45) is 8.05. The van der Waals surface area contributed by atoms with Crippen molar-refractivity contribution in [3.8, 4) is 0 Å². The molecule has 5 rings (SSSR count). The number of nitrogens with two attached hydrogens (primary N) is 1. The monoisotopic (exact) mass is 758 g/mol. The Morgan fingerprint density at radius 2 is 1.83 bits per heavy atom. The Kier molecular flexibility index (Phi) is 12.7. The van der Waals surface area contributed by atoms with Gasteiger partial charge in [-0.05, 0) is 92.4 Å². The Balaban J connectivity index is 1.53. The van der Waals surface area contributed by atoms with Crippen molar-refractivity contribution in [2.45, 2.75) is 113 Å². The van der Waals surface area contributed by atoms with Gasteiger partial charge >= 0.3 is 17.9 Å². The summed E-state index contributed by atoms with van der Waals surface area (Å²) in [5, 5.41) is 52.7. The average Bonchev–Trinajstić information content (AvgIpc) is 3.76. The fourth-order valence-electron chi connectivity index (χ4n) is 8.83. The third kappa shape index (κ3) is 8.31. The van der Waals surface area contributed by atoms with E-state index in [4.69, 9.17) is 15.6 Å². The average molecular weight is 759 g/mol. The number of esters is 1. The number of thioether (sulfide) groups is 1. The highest BCUT2D eigenvalue weighted by atomic mass is 32.2. The highest BCUT2D eigenvalue weighted by Gasteiger charge is 2.62. The smallest absolute Gasteiger partial charge is 0.353 e. The molecule has 1 aromatic heterocycles. The Labute approximate surface area is 311 Å². The van der Waals surface area contributed by atoms with E-state index in [-0.39, 0.29) is 29.7 Å². The summed E-state index contributed by atoms with van der Waals surface area (Å²) >= 11 is 1.38. The fourth-order valence-corrected chi connectivity index (χ4v) is 10.7. The van der Waals surface area contributed by atoms with Crippen LogP contribution in [0.25, 0.3) is 0 Å². The number of hydrogen-bond acceptors (Lipinski definition) is 12. The minimum absolute atomic E-state index is 0.0332. The standard InChI is InChI=1S/C37H50N4O11S/c1-2-35(11-3-4-12-35)36(53-20-25(30(44)41-31(45)32(46)47)40-26(43)8-14-37(38,51)34(49)50)13-7-22-19-23(18-21-9-15-39-16-10-21)24(6-5-17-42)28-27(22)29(36)52-33(28)48/h9-10,15-16,22,25,28,31,42,45,51H,2-8,11-14,17-20,38H2,1H3,(H,40,43)(H,41,44)(H,46,47)(H,49,50). The number of nitrogens with zero attached hydrogens (tertiary/aromatic N) is 1. The van der Waals surface area contributed by atoms with Crippen molar-refractivity contribution in [1.29, 1.82) is 0 Å². The summed E-state index contributed by atoms with van der Waals surface area (Å²) in [6, 6.07) is 2.51. The minimum Gasteiger partial charge on any atom is -0.478 e. The van der Waals surface area contributed by atoms with Crippen LogP contribution in [-0.4, -0.2) is 95.3 Å². The number of carbonyl (C=O) groups is 5. The van der Waals surface area contributed by atoms with Gasteiger partial charge in [-0.2, -0.15) is 0 Å². The molecule has 0 bridgehead atoms. The number of nitrogens with one attached hydrogen (secondary N) is 2. The number of rotatable bonds is 18. The van der Waals surface area contributed by atoms with Gasteiger partial charge in [-0.1, -0.05) is 30.9 Å². The molecule has 16 heteroatoms. The van der Waals surface area contributed by atoms with Crippen LogP contribution in [-0.2, 0) is 35.1 Å². The molecule has 15 nitrogen and oxygen atoms in total. The maximum atomic E-state index is 14.1. The number of aliphatic carboxylic acids is 2. The minimum atomic E-state index is -2.69. The van der Waals surface area contributed by atoms with E-state index in [2.05, 4.69) is 17.2 Å². The lowest BCUT2D eigenvalue weighted by Gasteiger charge is -2.52. The summed E-state index contributed by atoms with van der Waals surface area (Å²) < 4.78 is 5.62. The molecule has 2 heterocycles. The number of pyridine rings is 1. The van der Waals surface area contributed by atoms with Crippen molar-refractivity contribution in [3.63, 3.8) is 0 Å². The summed E-state index contributed by atoms with van der Waals surface area (Å²) in [5.74, 6) is -5.70. The van der Waals surface area contributed by atoms with Gasteiger partial charge in [0, 0.05) is 37.6 Å². The molecule has 1 fully saturated rings. The number of aliphatic hydroxyl groups is 3. The molecule has 290 valence electrons. The number of ether oxygens (including phenoxy) is 1. The van der Waals surface area contributed by atoms with E-state index in [1.54, 1.807) is 12.4 Å². The molecule has 4 aliphatic rings. The van der Waals surface area contributed by atoms with Gasteiger partial charge in [0.1, 0.15) is 17.7 Å². The van der Waals surface area contributed by atoms with Gasteiger partial charge in [0.25, 0.3) is 0 Å². The number of hydrogen-bond donors (Lipinski definition) is 8. The zero-order chi connectivity index (χ0) is 38.6. The largest absolute Gasteiger partial charge is 0.478 e. The van der Waals surface area contributed by atoms with Gasteiger partial charge in [-0.3, -0.25) is 25.1 Å². The SMILES string of the molecule is CCC1(C2(SCC(NC(=O)CCC(N)(O)C(=O)O)C(=O)NC(O)C(=O)O)CCC3CC(Cc4ccncc4)=C(CCCO)C4C(=O)OC2=C34)CCCC1. The first kappa shape index (κ1) is 40.4. The number of aromatic nitrogens is 1. The van der Waals surface area contributed by atoms with E-state index in [9.17, 15) is 44.4 Å². The van der Waals surface area contributed by atoms with E-state index in [0.717, 1.165) is 67.2 Å². The number of amides is 2. The molecule has 0 radical (unpaired) electrons. The van der Waals surface area contributed by atoms with Crippen molar-refractivity contribution < 1.29 is 54.2 Å². The van der Waals surface area contributed by atoms with Gasteiger partial charge in [0.05, 0.1) is 4.75 Å². The summed E-state index contributed by atoms with van der Waals surface area (Å²) in [7, 11) is 0. The second kappa shape index (κ2) is 16.7. The van der Waals surface area contributed by atoms with Crippen LogP contribution in [0.5, 0.6) is 0 Å². The van der Waals surface area contributed by atoms with Crippen LogP contribution in [0.3, 0.4) is 0 Å². The normalized spacial score (nSPS) is 25.6. The van der Waals surface area contributed by atoms with E-state index < -0.39 is 65.3 Å². The molecule has 0 spiro atoms. The maximum Gasteiger partial charge on any atom is 0.353 e. The highest BCUT2D eigenvalue weighted by Crippen LogP contribution is 2.66. The first-order chi connectivity index (χ1) is 25.2. The van der Waals surface area contributed by atoms with Gasteiger partial charge in [-0.25, -0.2) is 9.59 Å². The van der Waals surface area contributed by atoms with Crippen molar-refractivity contribution in [2.75, 3.05) is 12.4 Å². The van der Waals surface area contributed by atoms with Crippen LogP contribution in [0, 0.1) is 17.3 Å². The molecule has 0 aromatic carbocycles. The summed E-state index contributed by atoms with van der Waals surface area (Å²) in [4.78, 5) is 67.5. The van der Waals surface area contributed by atoms with Crippen LogP contribution in [0.1, 0.15) is 89.5 Å². The lowest BCUT2D eigenvalue weighted by molar-refractivity contribution is -0.159. The quantitative estimate of drug-likeness (QED) is 0.0605. The molecular weight excluding hydrogens is 708 g/mol. The summed E-state index contributed by atoms with van der Waals surface area (Å²) in [6.45, 7) is 2.07. The predicted octanol–water partition coefficient (Wildman–Crippen LogP) is 1.89. The Morgan fingerprint density at radius 3 is 2.45 bits per heavy atom. The second-order valence-corrected chi connectivity index (χ2v) is 16.0. The highest BCUT2D eigenvalue weighted by molar-refractivity contribution is 8.01. The third-order valence-electron chi connectivity index (χ3n) is 11.6. The molecule has 6 unspecified atom stereocenters. The fraction of sp³-hybridized carbons (Fsp3) is 0.622. The number of allylic oxidation sites excluding steroid dienone is 1. The zero-order valence-electron chi connectivity index (χ0n) is 29.8. The topological polar surface area (TPSA) is 259 Å².